The van der Waals surface area contributed by atoms with Crippen LogP contribution in [0, 0.1) is 0 Å². The van der Waals surface area contributed by atoms with Crippen LogP contribution in [0.2, 0.25) is 10.0 Å². The average molecular weight is 323 g/mol. The molecule has 0 unspecified atom stereocenters. The molecule has 2 aromatic carbocycles. The van der Waals surface area contributed by atoms with E-state index in [0.717, 1.165) is 5.56 Å². The Morgan fingerprint density at radius 2 is 1.90 bits per heavy atom. The third-order valence-electron chi connectivity index (χ3n) is 2.44. The molecule has 21 heavy (non-hydrogen) atoms. The van der Waals surface area contributed by atoms with Crippen molar-refractivity contribution in [3.8, 4) is 5.75 Å². The van der Waals surface area contributed by atoms with Gasteiger partial charge in [-0.2, -0.15) is 5.10 Å². The van der Waals surface area contributed by atoms with E-state index in [-0.39, 0.29) is 12.5 Å². The maximum Gasteiger partial charge on any atom is 0.277 e. The number of benzene rings is 2. The highest BCUT2D eigenvalue weighted by molar-refractivity contribution is 6.31. The molecule has 0 fully saturated rings. The van der Waals surface area contributed by atoms with Crippen molar-refractivity contribution in [2.24, 2.45) is 5.10 Å². The molecular weight excluding hydrogens is 311 g/mol. The summed E-state index contributed by atoms with van der Waals surface area (Å²) >= 11 is 11.6. The fourth-order valence-electron chi connectivity index (χ4n) is 1.48. The van der Waals surface area contributed by atoms with Crippen LogP contribution in [0.25, 0.3) is 0 Å². The Morgan fingerprint density at radius 3 is 2.62 bits per heavy atom. The van der Waals surface area contributed by atoms with Crippen LogP contribution < -0.4 is 10.2 Å². The Labute approximate surface area is 132 Å². The summed E-state index contributed by atoms with van der Waals surface area (Å²) in [7, 11) is 0. The summed E-state index contributed by atoms with van der Waals surface area (Å²) in [6.07, 6.45) is 1.51. The van der Waals surface area contributed by atoms with Gasteiger partial charge < -0.3 is 4.74 Å². The van der Waals surface area contributed by atoms with E-state index in [0.29, 0.717) is 15.8 Å². The lowest BCUT2D eigenvalue weighted by molar-refractivity contribution is -0.123. The van der Waals surface area contributed by atoms with Gasteiger partial charge in [0.2, 0.25) is 0 Å². The minimum Gasteiger partial charge on any atom is -0.484 e. The maximum absolute atomic E-state index is 11.5. The largest absolute Gasteiger partial charge is 0.484 e. The Hall–Kier alpha value is -2.04. The van der Waals surface area contributed by atoms with Crippen molar-refractivity contribution < 1.29 is 9.53 Å². The zero-order valence-electron chi connectivity index (χ0n) is 10.9. The van der Waals surface area contributed by atoms with Crippen LogP contribution in [0.3, 0.4) is 0 Å². The second-order valence-electron chi connectivity index (χ2n) is 4.09. The van der Waals surface area contributed by atoms with Crippen LogP contribution in [-0.4, -0.2) is 18.7 Å². The summed E-state index contributed by atoms with van der Waals surface area (Å²) in [5.74, 6) is 0.205. The summed E-state index contributed by atoms with van der Waals surface area (Å²) in [4.78, 5) is 11.5. The summed E-state index contributed by atoms with van der Waals surface area (Å²) in [5, 5.41) is 5.04. The fraction of sp³-hybridized carbons (Fsp3) is 0.0667. The predicted molar refractivity (Wildman–Crippen MR) is 84.1 cm³/mol. The first-order chi connectivity index (χ1) is 10.1. The van der Waals surface area contributed by atoms with E-state index in [4.69, 9.17) is 27.9 Å². The number of hydrazone groups is 1. The maximum atomic E-state index is 11.5. The summed E-state index contributed by atoms with van der Waals surface area (Å²) in [6.45, 7) is -0.130. The van der Waals surface area contributed by atoms with Crippen LogP contribution in [0.5, 0.6) is 5.75 Å². The Bertz CT molecular complexity index is 642. The van der Waals surface area contributed by atoms with Crippen molar-refractivity contribution in [1.82, 2.24) is 5.43 Å². The zero-order valence-corrected chi connectivity index (χ0v) is 12.4. The molecule has 2 rings (SSSR count). The van der Waals surface area contributed by atoms with Gasteiger partial charge in [0.05, 0.1) is 6.21 Å². The average Bonchev–Trinajstić information content (AvgIpc) is 2.47. The molecule has 0 heterocycles. The third-order valence-corrected chi connectivity index (χ3v) is 2.92. The van der Waals surface area contributed by atoms with Crippen molar-refractivity contribution in [2.75, 3.05) is 6.61 Å². The van der Waals surface area contributed by atoms with Gasteiger partial charge in [0.1, 0.15) is 5.75 Å². The molecule has 0 saturated carbocycles. The number of nitrogens with zero attached hydrogens (tertiary/aromatic N) is 1. The van der Waals surface area contributed by atoms with Crippen LogP contribution in [0.15, 0.2) is 53.6 Å². The lowest BCUT2D eigenvalue weighted by Crippen LogP contribution is -2.24. The van der Waals surface area contributed by atoms with Crippen LogP contribution in [-0.2, 0) is 4.79 Å². The molecule has 0 radical (unpaired) electrons. The molecule has 6 heteroatoms. The van der Waals surface area contributed by atoms with Gasteiger partial charge in [-0.25, -0.2) is 5.43 Å². The number of nitrogens with one attached hydrogen (secondary N) is 1. The van der Waals surface area contributed by atoms with Crippen LogP contribution >= 0.6 is 23.2 Å². The summed E-state index contributed by atoms with van der Waals surface area (Å²) in [6, 6.07) is 13.9. The van der Waals surface area contributed by atoms with Crippen LogP contribution in [0.1, 0.15) is 5.56 Å². The van der Waals surface area contributed by atoms with Gasteiger partial charge in [-0.3, -0.25) is 4.79 Å². The van der Waals surface area contributed by atoms with Crippen molar-refractivity contribution in [3.63, 3.8) is 0 Å². The molecule has 0 atom stereocenters. The van der Waals surface area contributed by atoms with Gasteiger partial charge >= 0.3 is 0 Å². The highest BCUT2D eigenvalue weighted by Crippen LogP contribution is 2.15. The molecule has 0 aliphatic carbocycles. The normalized spacial score (nSPS) is 10.6. The number of halogens is 2. The SMILES string of the molecule is O=C(COc1ccc(Cl)cc1)N/N=C/c1cccc(Cl)c1. The number of ether oxygens (including phenoxy) is 1. The van der Waals surface area contributed by atoms with E-state index in [1.165, 1.54) is 6.21 Å². The second kappa shape index (κ2) is 7.67. The number of rotatable bonds is 5. The number of amides is 1. The molecular formula is C15H12Cl2N2O2. The van der Waals surface area contributed by atoms with Crippen molar-refractivity contribution in [1.29, 1.82) is 0 Å². The van der Waals surface area contributed by atoms with Crippen molar-refractivity contribution >= 4 is 35.3 Å². The van der Waals surface area contributed by atoms with Crippen LogP contribution in [0.4, 0.5) is 0 Å². The van der Waals surface area contributed by atoms with Crippen molar-refractivity contribution in [2.45, 2.75) is 0 Å². The molecule has 108 valence electrons. The van der Waals surface area contributed by atoms with Gasteiger partial charge in [0.25, 0.3) is 5.91 Å². The minimum atomic E-state index is -0.358. The fourth-order valence-corrected chi connectivity index (χ4v) is 1.80. The molecule has 0 saturated heterocycles. The monoisotopic (exact) mass is 322 g/mol. The highest BCUT2D eigenvalue weighted by Gasteiger charge is 2.01. The molecule has 1 N–H and O–H groups in total. The van der Waals surface area contributed by atoms with Gasteiger partial charge in [-0.05, 0) is 42.0 Å². The van der Waals surface area contributed by atoms with Crippen molar-refractivity contribution in [3.05, 3.63) is 64.1 Å². The first-order valence-corrected chi connectivity index (χ1v) is 6.85. The molecule has 0 aromatic heterocycles. The second-order valence-corrected chi connectivity index (χ2v) is 4.96. The van der Waals surface area contributed by atoms with E-state index in [9.17, 15) is 4.79 Å². The molecule has 2 aromatic rings. The minimum absolute atomic E-state index is 0.130. The number of carbonyl (C=O) groups is 1. The highest BCUT2D eigenvalue weighted by atomic mass is 35.5. The Balaban J connectivity index is 1.78. The predicted octanol–water partition coefficient (Wildman–Crippen LogP) is 3.52. The lowest BCUT2D eigenvalue weighted by atomic mass is 10.2. The molecule has 0 aliphatic heterocycles. The van der Waals surface area contributed by atoms with E-state index in [2.05, 4.69) is 10.5 Å². The quantitative estimate of drug-likeness (QED) is 0.676. The lowest BCUT2D eigenvalue weighted by Gasteiger charge is -2.04. The first kappa shape index (κ1) is 15.4. The Morgan fingerprint density at radius 1 is 1.14 bits per heavy atom. The van der Waals surface area contributed by atoms with E-state index in [1.54, 1.807) is 42.5 Å². The van der Waals surface area contributed by atoms with Gasteiger partial charge in [0, 0.05) is 10.0 Å². The van der Waals surface area contributed by atoms with Gasteiger partial charge in [0.15, 0.2) is 6.61 Å². The molecule has 0 aliphatic rings. The zero-order chi connectivity index (χ0) is 15.1. The van der Waals surface area contributed by atoms with E-state index >= 15 is 0 Å². The number of carbonyl (C=O) groups excluding carboxylic acids is 1. The summed E-state index contributed by atoms with van der Waals surface area (Å²) in [5.41, 5.74) is 3.16. The van der Waals surface area contributed by atoms with E-state index < -0.39 is 0 Å². The molecule has 1 amide bonds. The standard InChI is InChI=1S/C15H12Cl2N2O2/c16-12-4-6-14(7-5-12)21-10-15(20)19-18-9-11-2-1-3-13(17)8-11/h1-9H,10H2,(H,19,20)/b18-9+. The molecule has 0 spiro atoms. The first-order valence-electron chi connectivity index (χ1n) is 6.09. The number of hydrogen-bond donors (Lipinski definition) is 1. The number of hydrogen-bond acceptors (Lipinski definition) is 3. The van der Waals surface area contributed by atoms with Gasteiger partial charge in [-0.1, -0.05) is 35.3 Å². The Kier molecular flexibility index (Phi) is 5.60. The topological polar surface area (TPSA) is 50.7 Å². The third kappa shape index (κ3) is 5.45. The van der Waals surface area contributed by atoms with E-state index in [1.807, 2.05) is 6.07 Å². The molecule has 0 bridgehead atoms. The molecule has 4 nitrogen and oxygen atoms in total. The van der Waals surface area contributed by atoms with Gasteiger partial charge in [-0.15, -0.1) is 0 Å². The summed E-state index contributed by atoms with van der Waals surface area (Å²) < 4.78 is 5.28. The smallest absolute Gasteiger partial charge is 0.277 e.